The molecule has 0 radical (unpaired) electrons. The predicted molar refractivity (Wildman–Crippen MR) is 115 cm³/mol. The van der Waals surface area contributed by atoms with Crippen molar-refractivity contribution >= 4 is 21.6 Å². The smallest absolute Gasteiger partial charge is 0.255 e. The fraction of sp³-hybridized carbons (Fsp3) is 0.273. The first-order valence-corrected chi connectivity index (χ1v) is 11.4. The lowest BCUT2D eigenvalue weighted by Crippen LogP contribution is -2.36. The molecule has 7 nitrogen and oxygen atoms in total. The Kier molecular flexibility index (Phi) is 5.69. The van der Waals surface area contributed by atoms with Crippen LogP contribution in [0.25, 0.3) is 5.69 Å². The highest BCUT2D eigenvalue weighted by Gasteiger charge is 2.28. The Labute approximate surface area is 176 Å². The molecule has 0 atom stereocenters. The number of hydrogen-bond donors (Lipinski definition) is 1. The summed E-state index contributed by atoms with van der Waals surface area (Å²) in [5.74, 6) is -0.359. The largest absolute Gasteiger partial charge is 0.322 e. The van der Waals surface area contributed by atoms with Crippen molar-refractivity contribution in [3.05, 3.63) is 72.1 Å². The van der Waals surface area contributed by atoms with Crippen LogP contribution in [0.5, 0.6) is 0 Å². The van der Waals surface area contributed by atoms with Crippen LogP contribution in [0.3, 0.4) is 0 Å². The Morgan fingerprint density at radius 3 is 2.57 bits per heavy atom. The maximum atomic E-state index is 13.1. The molecule has 0 unspecified atom stereocenters. The van der Waals surface area contributed by atoms with Crippen molar-refractivity contribution in [3.8, 4) is 5.69 Å². The first kappa shape index (κ1) is 20.3. The lowest BCUT2D eigenvalue weighted by Gasteiger charge is -2.26. The predicted octanol–water partition coefficient (Wildman–Crippen LogP) is 3.61. The second-order valence-electron chi connectivity index (χ2n) is 7.40. The standard InChI is InChI=1S/C22H24N4O3S/c1-17-9-10-18(15-21(17)30(28,29)25-12-3-2-4-13-25)22(27)24-19-7-5-8-20(16-19)26-14-6-11-23-26/h5-11,14-16H,2-4,12-13H2,1H3,(H,24,27). The Hall–Kier alpha value is -2.97. The van der Waals surface area contributed by atoms with Crippen LogP contribution in [0.15, 0.2) is 65.8 Å². The molecule has 0 saturated carbocycles. The summed E-state index contributed by atoms with van der Waals surface area (Å²) in [6.07, 6.45) is 6.28. The molecule has 1 aliphatic heterocycles. The average molecular weight is 425 g/mol. The Morgan fingerprint density at radius 2 is 1.83 bits per heavy atom. The number of hydrogen-bond acceptors (Lipinski definition) is 4. The van der Waals surface area contributed by atoms with E-state index in [1.165, 1.54) is 10.4 Å². The number of aromatic nitrogens is 2. The number of rotatable bonds is 5. The quantitative estimate of drug-likeness (QED) is 0.678. The molecule has 0 bridgehead atoms. The van der Waals surface area contributed by atoms with Gasteiger partial charge in [0.25, 0.3) is 5.91 Å². The molecular formula is C22H24N4O3S. The average Bonchev–Trinajstić information content (AvgIpc) is 3.30. The van der Waals surface area contributed by atoms with Gasteiger partial charge in [-0.05, 0) is 61.7 Å². The monoisotopic (exact) mass is 424 g/mol. The van der Waals surface area contributed by atoms with E-state index in [9.17, 15) is 13.2 Å². The van der Waals surface area contributed by atoms with E-state index < -0.39 is 10.0 Å². The maximum absolute atomic E-state index is 13.1. The number of anilines is 1. The van der Waals surface area contributed by atoms with Crippen molar-refractivity contribution in [1.29, 1.82) is 0 Å². The first-order chi connectivity index (χ1) is 14.4. The van der Waals surface area contributed by atoms with Crippen LogP contribution in [-0.2, 0) is 10.0 Å². The third-order valence-electron chi connectivity index (χ3n) is 5.26. The van der Waals surface area contributed by atoms with Crippen molar-refractivity contribution in [2.45, 2.75) is 31.1 Å². The van der Waals surface area contributed by atoms with Crippen LogP contribution in [-0.4, -0.2) is 41.5 Å². The van der Waals surface area contributed by atoms with Crippen LogP contribution in [0.2, 0.25) is 0 Å². The van der Waals surface area contributed by atoms with Crippen molar-refractivity contribution in [1.82, 2.24) is 14.1 Å². The second kappa shape index (κ2) is 8.41. The highest BCUT2D eigenvalue weighted by Crippen LogP contribution is 2.25. The van der Waals surface area contributed by atoms with Crippen molar-refractivity contribution < 1.29 is 13.2 Å². The molecule has 1 aliphatic rings. The highest BCUT2D eigenvalue weighted by molar-refractivity contribution is 7.89. The van der Waals surface area contributed by atoms with E-state index in [1.54, 1.807) is 36.0 Å². The van der Waals surface area contributed by atoms with Gasteiger partial charge in [0.05, 0.1) is 10.6 Å². The first-order valence-electron chi connectivity index (χ1n) is 9.97. The zero-order chi connectivity index (χ0) is 21.1. The van der Waals surface area contributed by atoms with Crippen LogP contribution in [0, 0.1) is 6.92 Å². The molecule has 1 N–H and O–H groups in total. The number of nitrogens with zero attached hydrogens (tertiary/aromatic N) is 3. The molecule has 0 spiro atoms. The van der Waals surface area contributed by atoms with Gasteiger partial charge in [-0.2, -0.15) is 9.40 Å². The number of nitrogens with one attached hydrogen (secondary N) is 1. The molecular weight excluding hydrogens is 400 g/mol. The maximum Gasteiger partial charge on any atom is 0.255 e. The van der Waals surface area contributed by atoms with Crippen molar-refractivity contribution in [2.24, 2.45) is 0 Å². The van der Waals surface area contributed by atoms with Crippen molar-refractivity contribution in [3.63, 3.8) is 0 Å². The third-order valence-corrected chi connectivity index (χ3v) is 7.30. The van der Waals surface area contributed by atoms with Gasteiger partial charge >= 0.3 is 0 Å². The molecule has 156 valence electrons. The molecule has 4 rings (SSSR count). The molecule has 1 amide bonds. The van der Waals surface area contributed by atoms with E-state index in [1.807, 2.05) is 30.5 Å². The minimum atomic E-state index is -3.62. The van der Waals surface area contributed by atoms with Crippen LogP contribution in [0.4, 0.5) is 5.69 Å². The molecule has 1 saturated heterocycles. The summed E-state index contributed by atoms with van der Waals surface area (Å²) in [7, 11) is -3.62. The normalized spacial score (nSPS) is 15.1. The van der Waals surface area contributed by atoms with Crippen LogP contribution in [0.1, 0.15) is 35.2 Å². The van der Waals surface area contributed by atoms with E-state index in [2.05, 4.69) is 10.4 Å². The number of piperidine rings is 1. The van der Waals surface area contributed by atoms with Gasteiger partial charge in [-0.25, -0.2) is 13.1 Å². The summed E-state index contributed by atoms with van der Waals surface area (Å²) in [4.78, 5) is 13.0. The molecule has 2 aromatic carbocycles. The number of carbonyl (C=O) groups excluding carboxylic acids is 1. The second-order valence-corrected chi connectivity index (χ2v) is 9.31. The summed E-state index contributed by atoms with van der Waals surface area (Å²) in [6, 6.07) is 13.9. The Bertz CT molecular complexity index is 1150. The minimum absolute atomic E-state index is 0.197. The summed E-state index contributed by atoms with van der Waals surface area (Å²) in [6.45, 7) is 2.81. The summed E-state index contributed by atoms with van der Waals surface area (Å²) < 4.78 is 29.4. The van der Waals surface area contributed by atoms with E-state index in [4.69, 9.17) is 0 Å². The minimum Gasteiger partial charge on any atom is -0.322 e. The molecule has 3 aromatic rings. The highest BCUT2D eigenvalue weighted by atomic mass is 32.2. The molecule has 0 aliphatic carbocycles. The van der Waals surface area contributed by atoms with Gasteiger partial charge in [-0.3, -0.25) is 4.79 Å². The van der Waals surface area contributed by atoms with Gasteiger partial charge in [0, 0.05) is 36.7 Å². The van der Waals surface area contributed by atoms with Crippen LogP contribution < -0.4 is 5.32 Å². The van der Waals surface area contributed by atoms with E-state index in [0.717, 1.165) is 24.9 Å². The Morgan fingerprint density at radius 1 is 1.03 bits per heavy atom. The molecule has 1 fully saturated rings. The summed E-state index contributed by atoms with van der Waals surface area (Å²) >= 11 is 0. The lowest BCUT2D eigenvalue weighted by atomic mass is 10.1. The van der Waals surface area contributed by atoms with Gasteiger partial charge in [0.1, 0.15) is 0 Å². The van der Waals surface area contributed by atoms with Gasteiger partial charge in [0.2, 0.25) is 10.0 Å². The number of sulfonamides is 1. The van der Waals surface area contributed by atoms with E-state index in [-0.39, 0.29) is 10.8 Å². The number of amides is 1. The topological polar surface area (TPSA) is 84.3 Å². The number of benzene rings is 2. The molecule has 1 aromatic heterocycles. The zero-order valence-corrected chi connectivity index (χ0v) is 17.6. The fourth-order valence-electron chi connectivity index (χ4n) is 3.61. The number of carbonyl (C=O) groups is 1. The lowest BCUT2D eigenvalue weighted by molar-refractivity contribution is 0.102. The SMILES string of the molecule is Cc1ccc(C(=O)Nc2cccc(-n3cccn3)c2)cc1S(=O)(=O)N1CCCCC1. The van der Waals surface area contributed by atoms with E-state index in [0.29, 0.717) is 29.9 Å². The van der Waals surface area contributed by atoms with Gasteiger partial charge in [-0.15, -0.1) is 0 Å². The molecule has 30 heavy (non-hydrogen) atoms. The third kappa shape index (κ3) is 4.15. The molecule has 8 heteroatoms. The van der Waals surface area contributed by atoms with E-state index >= 15 is 0 Å². The zero-order valence-electron chi connectivity index (χ0n) is 16.8. The summed E-state index contributed by atoms with van der Waals surface area (Å²) in [5, 5.41) is 7.04. The van der Waals surface area contributed by atoms with Crippen molar-refractivity contribution in [2.75, 3.05) is 18.4 Å². The number of aryl methyl sites for hydroxylation is 1. The van der Waals surface area contributed by atoms with Crippen LogP contribution >= 0.6 is 0 Å². The Balaban J connectivity index is 1.58. The van der Waals surface area contributed by atoms with Gasteiger partial charge in [0.15, 0.2) is 0 Å². The fourth-order valence-corrected chi connectivity index (χ4v) is 5.38. The van der Waals surface area contributed by atoms with Gasteiger partial charge < -0.3 is 5.32 Å². The summed E-state index contributed by atoms with van der Waals surface area (Å²) in [5.41, 5.74) is 2.36. The van der Waals surface area contributed by atoms with Gasteiger partial charge in [-0.1, -0.05) is 18.6 Å². The molecule has 2 heterocycles.